The predicted molar refractivity (Wildman–Crippen MR) is 139 cm³/mol. The third-order valence-corrected chi connectivity index (χ3v) is 9.55. The second kappa shape index (κ2) is 9.61. The molecule has 5 rings (SSSR count). The number of aryl methyl sites for hydroxylation is 2. The van der Waals surface area contributed by atoms with Crippen LogP contribution in [0.25, 0.3) is 0 Å². The highest BCUT2D eigenvalue weighted by Crippen LogP contribution is 2.62. The van der Waals surface area contributed by atoms with Gasteiger partial charge in [0.2, 0.25) is 5.91 Å². The van der Waals surface area contributed by atoms with E-state index in [1.165, 1.54) is 27.4 Å². The van der Waals surface area contributed by atoms with Crippen LogP contribution in [0, 0.1) is 30.1 Å². The van der Waals surface area contributed by atoms with Gasteiger partial charge in [-0.1, -0.05) is 13.0 Å². The van der Waals surface area contributed by atoms with Gasteiger partial charge in [0, 0.05) is 43.4 Å². The average molecular weight is 510 g/mol. The molecule has 1 aromatic heterocycles. The van der Waals surface area contributed by atoms with E-state index in [0.29, 0.717) is 47.3 Å². The summed E-state index contributed by atoms with van der Waals surface area (Å²) in [5.74, 6) is 2.33. The van der Waals surface area contributed by atoms with Crippen molar-refractivity contribution in [2.24, 2.45) is 23.2 Å². The van der Waals surface area contributed by atoms with Crippen LogP contribution in [0.1, 0.15) is 67.4 Å². The number of nitrogens with zero attached hydrogens (tertiary/aromatic N) is 2. The molecule has 0 aliphatic heterocycles. The van der Waals surface area contributed by atoms with Crippen LogP contribution in [0.15, 0.2) is 24.4 Å². The quantitative estimate of drug-likeness (QED) is 0.568. The molecule has 3 aliphatic carbocycles. The molecule has 2 fully saturated rings. The molecule has 0 radical (unpaired) electrons. The number of hydrogen-bond acceptors (Lipinski definition) is 6. The largest absolute Gasteiger partial charge is 0.414 e. The number of carbonyl (C=O) groups excluding carboxylic acids is 3. The molecule has 7 nitrogen and oxygen atoms in total. The molecule has 0 bridgehead atoms. The minimum atomic E-state index is -0.376. The summed E-state index contributed by atoms with van der Waals surface area (Å²) in [6.07, 6.45) is 6.96. The van der Waals surface area contributed by atoms with E-state index in [-0.39, 0.29) is 23.3 Å². The SMILES string of the molecule is Cc1cnc(NC(=O)CC[C@@H]2CC(=O)[C@@]3(C)CCC4c5ccc(OC(=O)N(C)C)cc5CCC4C23)s1. The first-order valence-electron chi connectivity index (χ1n) is 12.9. The van der Waals surface area contributed by atoms with Crippen LogP contribution in [-0.2, 0) is 16.0 Å². The monoisotopic (exact) mass is 509 g/mol. The highest BCUT2D eigenvalue weighted by molar-refractivity contribution is 7.15. The summed E-state index contributed by atoms with van der Waals surface area (Å²) in [7, 11) is 3.35. The van der Waals surface area contributed by atoms with Gasteiger partial charge < -0.3 is 15.0 Å². The molecule has 1 N–H and O–H groups in total. The molecular formula is C28H35N3O4S. The third kappa shape index (κ3) is 4.56. The van der Waals surface area contributed by atoms with Crippen molar-refractivity contribution in [2.75, 3.05) is 19.4 Å². The number of Topliss-reactive ketones (excluding diaryl/α,β-unsaturated/α-hetero) is 1. The summed E-state index contributed by atoms with van der Waals surface area (Å²) >= 11 is 1.48. The number of amides is 2. The Morgan fingerprint density at radius 3 is 2.81 bits per heavy atom. The van der Waals surface area contributed by atoms with Crippen LogP contribution in [0.5, 0.6) is 5.75 Å². The van der Waals surface area contributed by atoms with Crippen LogP contribution in [-0.4, -0.2) is 41.8 Å². The van der Waals surface area contributed by atoms with E-state index >= 15 is 0 Å². The Bertz CT molecular complexity index is 1190. The molecule has 8 heteroatoms. The minimum Gasteiger partial charge on any atom is -0.410 e. The zero-order valence-corrected chi connectivity index (χ0v) is 22.3. The number of hydrogen-bond donors (Lipinski definition) is 1. The second-order valence-electron chi connectivity index (χ2n) is 11.2. The summed E-state index contributed by atoms with van der Waals surface area (Å²) < 4.78 is 5.49. The zero-order valence-electron chi connectivity index (χ0n) is 21.5. The fourth-order valence-electron chi connectivity index (χ4n) is 7.05. The average Bonchev–Trinajstić information content (AvgIpc) is 3.36. The molecule has 1 heterocycles. The van der Waals surface area contributed by atoms with Crippen LogP contribution in [0.3, 0.4) is 0 Å². The van der Waals surface area contributed by atoms with E-state index in [1.54, 1.807) is 20.3 Å². The van der Waals surface area contributed by atoms with Crippen molar-refractivity contribution < 1.29 is 19.1 Å². The van der Waals surface area contributed by atoms with Gasteiger partial charge in [0.15, 0.2) is 5.13 Å². The standard InChI is InChI=1S/C28H35N3O4S/c1-16-15-29-26(36-16)30-24(33)10-6-18-14-23(32)28(2)12-11-21-20-9-7-19(35-27(34)31(3)4)13-17(20)5-8-22(21)25(18)28/h7,9,13,15,18,21-22,25H,5-6,8,10-12,14H2,1-4H3,(H,29,30,33)/t18-,21?,22?,25?,28-/m1/s1. The molecule has 192 valence electrons. The highest BCUT2D eigenvalue weighted by atomic mass is 32.1. The molecule has 3 unspecified atom stereocenters. The van der Waals surface area contributed by atoms with Crippen molar-refractivity contribution in [2.45, 2.75) is 64.7 Å². The van der Waals surface area contributed by atoms with Crippen molar-refractivity contribution in [1.82, 2.24) is 9.88 Å². The van der Waals surface area contributed by atoms with Crippen LogP contribution < -0.4 is 10.1 Å². The Labute approximate surface area is 216 Å². The maximum atomic E-state index is 13.2. The van der Waals surface area contributed by atoms with Gasteiger partial charge in [-0.3, -0.25) is 9.59 Å². The first kappa shape index (κ1) is 24.9. The molecule has 36 heavy (non-hydrogen) atoms. The van der Waals surface area contributed by atoms with Gasteiger partial charge in [0.1, 0.15) is 11.5 Å². The number of fused-ring (bicyclic) bond motifs is 5. The van der Waals surface area contributed by atoms with Gasteiger partial charge >= 0.3 is 6.09 Å². The fraction of sp³-hybridized carbons (Fsp3) is 0.571. The van der Waals surface area contributed by atoms with E-state index in [1.807, 2.05) is 19.1 Å². The number of nitrogens with one attached hydrogen (secondary N) is 1. The normalized spacial score (nSPS) is 28.6. The molecule has 0 spiro atoms. The van der Waals surface area contributed by atoms with E-state index in [4.69, 9.17) is 4.74 Å². The highest BCUT2D eigenvalue weighted by Gasteiger charge is 2.58. The van der Waals surface area contributed by atoms with Crippen molar-refractivity contribution >= 4 is 34.3 Å². The van der Waals surface area contributed by atoms with E-state index < -0.39 is 0 Å². The summed E-state index contributed by atoms with van der Waals surface area (Å²) in [6.45, 7) is 4.14. The van der Waals surface area contributed by atoms with Crippen LogP contribution in [0.2, 0.25) is 0 Å². The lowest BCUT2D eigenvalue weighted by Crippen LogP contribution is -2.44. The van der Waals surface area contributed by atoms with E-state index in [9.17, 15) is 14.4 Å². The van der Waals surface area contributed by atoms with Gasteiger partial charge in [0.25, 0.3) is 0 Å². The van der Waals surface area contributed by atoms with Crippen LogP contribution in [0.4, 0.5) is 9.93 Å². The summed E-state index contributed by atoms with van der Waals surface area (Å²) in [4.78, 5) is 44.6. The molecule has 2 amide bonds. The molecule has 3 aliphatic rings. The van der Waals surface area contributed by atoms with Crippen molar-refractivity contribution in [3.63, 3.8) is 0 Å². The van der Waals surface area contributed by atoms with Crippen LogP contribution >= 0.6 is 11.3 Å². The lowest BCUT2D eigenvalue weighted by atomic mass is 9.54. The third-order valence-electron chi connectivity index (χ3n) is 8.72. The minimum absolute atomic E-state index is 0.0217. The summed E-state index contributed by atoms with van der Waals surface area (Å²) in [5.41, 5.74) is 2.31. The second-order valence-corrected chi connectivity index (χ2v) is 12.4. The lowest BCUT2D eigenvalue weighted by Gasteiger charge is -2.50. The maximum Gasteiger partial charge on any atom is 0.414 e. The Hall–Kier alpha value is -2.74. The maximum absolute atomic E-state index is 13.2. The molecule has 2 aromatic rings. The smallest absolute Gasteiger partial charge is 0.410 e. The van der Waals surface area contributed by atoms with Gasteiger partial charge in [0.05, 0.1) is 0 Å². The number of thiazole rings is 1. The van der Waals surface area contributed by atoms with Gasteiger partial charge in [-0.05, 0) is 86.0 Å². The molecular weight excluding hydrogens is 474 g/mol. The number of rotatable bonds is 5. The lowest BCUT2D eigenvalue weighted by molar-refractivity contribution is -0.129. The Kier molecular flexibility index (Phi) is 6.66. The predicted octanol–water partition coefficient (Wildman–Crippen LogP) is 5.58. The number of carbonyl (C=O) groups is 3. The summed E-state index contributed by atoms with van der Waals surface area (Å²) in [6, 6.07) is 6.05. The first-order valence-corrected chi connectivity index (χ1v) is 13.7. The Morgan fingerprint density at radius 2 is 2.08 bits per heavy atom. The molecule has 5 atom stereocenters. The Balaban J connectivity index is 1.31. The number of benzene rings is 1. The number of anilines is 1. The van der Waals surface area contributed by atoms with Gasteiger partial charge in [-0.15, -0.1) is 11.3 Å². The van der Waals surface area contributed by atoms with Crippen molar-refractivity contribution in [1.29, 1.82) is 0 Å². The topological polar surface area (TPSA) is 88.6 Å². The number of ketones is 1. The van der Waals surface area contributed by atoms with Gasteiger partial charge in [-0.25, -0.2) is 9.78 Å². The molecule has 0 saturated heterocycles. The first-order chi connectivity index (χ1) is 17.2. The fourth-order valence-corrected chi connectivity index (χ4v) is 7.73. The van der Waals surface area contributed by atoms with Crippen molar-refractivity contribution in [3.05, 3.63) is 40.4 Å². The summed E-state index contributed by atoms with van der Waals surface area (Å²) in [5, 5.41) is 3.56. The molecule has 1 aromatic carbocycles. The van der Waals surface area contributed by atoms with Gasteiger partial charge in [-0.2, -0.15) is 0 Å². The van der Waals surface area contributed by atoms with E-state index in [2.05, 4.69) is 23.3 Å². The number of ether oxygens (including phenoxy) is 1. The zero-order chi connectivity index (χ0) is 25.6. The Morgan fingerprint density at radius 1 is 1.28 bits per heavy atom. The molecule has 2 saturated carbocycles. The van der Waals surface area contributed by atoms with E-state index in [0.717, 1.165) is 37.0 Å². The van der Waals surface area contributed by atoms with Crippen molar-refractivity contribution in [3.8, 4) is 5.75 Å². The number of aromatic nitrogens is 1.